The highest BCUT2D eigenvalue weighted by atomic mass is 16.7. The number of phenolic OH excluding ortho intramolecular Hbond substituents is 1. The van der Waals surface area contributed by atoms with Crippen molar-refractivity contribution in [3.8, 4) is 23.0 Å². The first-order chi connectivity index (χ1) is 14.9. The minimum atomic E-state index is -0.160. The summed E-state index contributed by atoms with van der Waals surface area (Å²) in [4.78, 5) is 15.5. The van der Waals surface area contributed by atoms with E-state index < -0.39 is 0 Å². The Hall–Kier alpha value is -2.99. The molecular formula is C25H27NO5. The first-order valence-corrected chi connectivity index (χ1v) is 10.8. The predicted octanol–water partition coefficient (Wildman–Crippen LogP) is 4.52. The molecular weight excluding hydrogens is 394 g/mol. The van der Waals surface area contributed by atoms with Gasteiger partial charge in [-0.1, -0.05) is 19.9 Å². The number of ketones is 1. The van der Waals surface area contributed by atoms with Gasteiger partial charge in [0, 0.05) is 19.6 Å². The van der Waals surface area contributed by atoms with Gasteiger partial charge in [-0.2, -0.15) is 0 Å². The summed E-state index contributed by atoms with van der Waals surface area (Å²) in [7, 11) is 0. The number of aromatic hydroxyl groups is 1. The first kappa shape index (κ1) is 19.9. The van der Waals surface area contributed by atoms with Crippen molar-refractivity contribution in [2.45, 2.75) is 33.7 Å². The fraction of sp³-hybridized carbons (Fsp3) is 0.400. The van der Waals surface area contributed by atoms with Crippen LogP contribution in [0.4, 0.5) is 0 Å². The molecule has 0 radical (unpaired) electrons. The first-order valence-electron chi connectivity index (χ1n) is 10.8. The maximum absolute atomic E-state index is 13.2. The van der Waals surface area contributed by atoms with Gasteiger partial charge in [0.1, 0.15) is 11.5 Å². The van der Waals surface area contributed by atoms with Crippen molar-refractivity contribution in [3.63, 3.8) is 0 Å². The third-order valence-corrected chi connectivity index (χ3v) is 6.24. The summed E-state index contributed by atoms with van der Waals surface area (Å²) in [5.74, 6) is 3.31. The van der Waals surface area contributed by atoms with E-state index >= 15 is 0 Å². The number of piperidine rings is 1. The lowest BCUT2D eigenvalue weighted by atomic mass is 9.91. The van der Waals surface area contributed by atoms with Gasteiger partial charge in [-0.3, -0.25) is 9.69 Å². The number of rotatable bonds is 3. The Morgan fingerprint density at radius 3 is 2.65 bits per heavy atom. The van der Waals surface area contributed by atoms with E-state index in [1.54, 1.807) is 12.1 Å². The van der Waals surface area contributed by atoms with E-state index in [4.69, 9.17) is 14.2 Å². The smallest absolute Gasteiger partial charge is 0.232 e. The molecule has 0 saturated carbocycles. The largest absolute Gasteiger partial charge is 0.507 e. The highest BCUT2D eigenvalue weighted by Crippen LogP contribution is 2.43. The number of benzene rings is 2. The lowest BCUT2D eigenvalue weighted by molar-refractivity contribution is 0.101. The molecule has 0 spiro atoms. The molecule has 162 valence electrons. The summed E-state index contributed by atoms with van der Waals surface area (Å²) in [6.07, 6.45) is 2.93. The van der Waals surface area contributed by atoms with Crippen LogP contribution < -0.4 is 14.2 Å². The van der Waals surface area contributed by atoms with Gasteiger partial charge in [0.05, 0.1) is 11.1 Å². The second-order valence-corrected chi connectivity index (χ2v) is 9.09. The minimum Gasteiger partial charge on any atom is -0.507 e. The molecule has 31 heavy (non-hydrogen) atoms. The Kier molecular flexibility index (Phi) is 4.89. The lowest BCUT2D eigenvalue weighted by Crippen LogP contribution is -2.38. The SMILES string of the molecule is Cc1cc(O)c(CN2CC(C)CC(C)C2)c2c1C(=O)/C(=C\c1ccc3c(c1)OCO3)O2. The van der Waals surface area contributed by atoms with Crippen molar-refractivity contribution >= 4 is 11.9 Å². The van der Waals surface area contributed by atoms with Gasteiger partial charge in [0.25, 0.3) is 0 Å². The number of fused-ring (bicyclic) bond motifs is 2. The van der Waals surface area contributed by atoms with Crippen LogP contribution in [0.15, 0.2) is 30.0 Å². The number of nitrogens with zero attached hydrogens (tertiary/aromatic N) is 1. The zero-order chi connectivity index (χ0) is 21.7. The number of Topliss-reactive ketones (excluding diaryl/α,β-unsaturated/α-hetero) is 1. The summed E-state index contributed by atoms with van der Waals surface area (Å²) >= 11 is 0. The number of allylic oxidation sites excluding steroid dienone is 1. The highest BCUT2D eigenvalue weighted by molar-refractivity contribution is 6.15. The van der Waals surface area contributed by atoms with Crippen LogP contribution in [0.1, 0.15) is 47.3 Å². The molecule has 0 aromatic heterocycles. The molecule has 3 aliphatic heterocycles. The highest BCUT2D eigenvalue weighted by Gasteiger charge is 2.34. The summed E-state index contributed by atoms with van der Waals surface area (Å²) in [5, 5.41) is 10.7. The van der Waals surface area contributed by atoms with Crippen LogP contribution in [0.2, 0.25) is 0 Å². The van der Waals surface area contributed by atoms with Crippen LogP contribution in [0.25, 0.3) is 6.08 Å². The average molecular weight is 421 g/mol. The third kappa shape index (κ3) is 3.65. The van der Waals surface area contributed by atoms with Gasteiger partial charge < -0.3 is 19.3 Å². The van der Waals surface area contributed by atoms with Crippen molar-refractivity contribution in [1.82, 2.24) is 4.90 Å². The molecule has 0 amide bonds. The maximum Gasteiger partial charge on any atom is 0.232 e. The number of aryl methyl sites for hydroxylation is 1. The van der Waals surface area contributed by atoms with E-state index in [0.717, 1.165) is 24.2 Å². The molecule has 6 heteroatoms. The lowest BCUT2D eigenvalue weighted by Gasteiger charge is -2.35. The molecule has 1 saturated heterocycles. The number of hydrogen-bond acceptors (Lipinski definition) is 6. The molecule has 0 aliphatic carbocycles. The van der Waals surface area contributed by atoms with Crippen LogP contribution in [0.3, 0.4) is 0 Å². The quantitative estimate of drug-likeness (QED) is 0.735. The number of hydrogen-bond donors (Lipinski definition) is 1. The van der Waals surface area contributed by atoms with Gasteiger partial charge in [-0.05, 0) is 60.6 Å². The van der Waals surface area contributed by atoms with E-state index in [9.17, 15) is 9.90 Å². The summed E-state index contributed by atoms with van der Waals surface area (Å²) in [5.41, 5.74) is 2.74. The molecule has 1 fully saturated rings. The van der Waals surface area contributed by atoms with Crippen LogP contribution in [-0.4, -0.2) is 35.7 Å². The normalized spacial score (nSPS) is 23.8. The number of ether oxygens (including phenoxy) is 3. The number of likely N-dealkylation sites (tertiary alicyclic amines) is 1. The Morgan fingerprint density at radius 1 is 1.13 bits per heavy atom. The number of carbonyl (C=O) groups is 1. The summed E-state index contributed by atoms with van der Waals surface area (Å²) in [6.45, 7) is 9.06. The molecule has 2 atom stereocenters. The van der Waals surface area contributed by atoms with Crippen molar-refractivity contribution in [3.05, 3.63) is 52.3 Å². The average Bonchev–Trinajstić information content (AvgIpc) is 3.29. The number of carbonyl (C=O) groups excluding carboxylic acids is 1. The fourth-order valence-corrected chi connectivity index (χ4v) is 5.03. The Morgan fingerprint density at radius 2 is 1.87 bits per heavy atom. The predicted molar refractivity (Wildman–Crippen MR) is 117 cm³/mol. The Labute approximate surface area is 182 Å². The Balaban J connectivity index is 1.47. The molecule has 6 nitrogen and oxygen atoms in total. The monoisotopic (exact) mass is 421 g/mol. The molecule has 3 aliphatic rings. The van der Waals surface area contributed by atoms with Crippen LogP contribution in [0.5, 0.6) is 23.0 Å². The fourth-order valence-electron chi connectivity index (χ4n) is 5.03. The van der Waals surface area contributed by atoms with Gasteiger partial charge in [-0.25, -0.2) is 0 Å². The zero-order valence-electron chi connectivity index (χ0n) is 18.1. The van der Waals surface area contributed by atoms with E-state index in [2.05, 4.69) is 18.7 Å². The zero-order valence-corrected chi connectivity index (χ0v) is 18.1. The van der Waals surface area contributed by atoms with E-state index in [1.807, 2.05) is 25.1 Å². The number of phenols is 1. The third-order valence-electron chi connectivity index (χ3n) is 6.24. The molecule has 2 aromatic carbocycles. The second kappa shape index (κ2) is 7.61. The van der Waals surface area contributed by atoms with Crippen molar-refractivity contribution in [1.29, 1.82) is 0 Å². The molecule has 2 unspecified atom stereocenters. The Bertz CT molecular complexity index is 1080. The molecule has 1 N–H and O–H groups in total. The molecule has 0 bridgehead atoms. The van der Waals surface area contributed by atoms with Crippen molar-refractivity contribution in [2.75, 3.05) is 19.9 Å². The standard InChI is InChI=1S/C25H27NO5/c1-14-6-15(2)11-26(10-14)12-18-19(27)7-16(3)23-24(28)22(31-25(18)23)9-17-4-5-20-21(8-17)30-13-29-20/h4-5,7-9,14-15,27H,6,10-13H2,1-3H3/b22-9+. The summed E-state index contributed by atoms with van der Waals surface area (Å²) < 4.78 is 16.9. The summed E-state index contributed by atoms with van der Waals surface area (Å²) in [6, 6.07) is 7.19. The van der Waals surface area contributed by atoms with E-state index in [1.165, 1.54) is 6.42 Å². The van der Waals surface area contributed by atoms with Gasteiger partial charge in [0.2, 0.25) is 12.6 Å². The van der Waals surface area contributed by atoms with Crippen molar-refractivity contribution < 1.29 is 24.1 Å². The second-order valence-electron chi connectivity index (χ2n) is 9.09. The van der Waals surface area contributed by atoms with Crippen LogP contribution >= 0.6 is 0 Å². The van der Waals surface area contributed by atoms with Gasteiger partial charge in [-0.15, -0.1) is 0 Å². The van der Waals surface area contributed by atoms with Gasteiger partial charge >= 0.3 is 0 Å². The molecule has 2 aromatic rings. The topological polar surface area (TPSA) is 68.2 Å². The van der Waals surface area contributed by atoms with Crippen LogP contribution in [0, 0.1) is 18.8 Å². The minimum absolute atomic E-state index is 0.160. The van der Waals surface area contributed by atoms with Crippen LogP contribution in [-0.2, 0) is 6.54 Å². The maximum atomic E-state index is 13.2. The van der Waals surface area contributed by atoms with Gasteiger partial charge in [0.15, 0.2) is 17.3 Å². The van der Waals surface area contributed by atoms with E-state index in [-0.39, 0.29) is 24.1 Å². The van der Waals surface area contributed by atoms with E-state index in [0.29, 0.717) is 46.8 Å². The van der Waals surface area contributed by atoms with Crippen molar-refractivity contribution in [2.24, 2.45) is 11.8 Å². The molecule has 5 rings (SSSR count). The molecule has 3 heterocycles.